The van der Waals surface area contributed by atoms with Crippen molar-refractivity contribution in [2.24, 2.45) is 0 Å². The van der Waals surface area contributed by atoms with Gasteiger partial charge in [0, 0.05) is 12.4 Å². The second-order valence-electron chi connectivity index (χ2n) is 2.93. The largest absolute Gasteiger partial charge is 0.396 e. The Balaban J connectivity index is 2.50. The predicted octanol–water partition coefficient (Wildman–Crippen LogP) is 0.728. The highest BCUT2D eigenvalue weighted by atomic mass is 32.2. The molecule has 1 N–H and O–H groups in total. The van der Waals surface area contributed by atoms with Crippen LogP contribution in [-0.2, 0) is 0 Å². The Bertz CT molecular complexity index is 250. The minimum atomic E-state index is 0.218. The van der Waals surface area contributed by atoms with E-state index in [1.165, 1.54) is 0 Å². The summed E-state index contributed by atoms with van der Waals surface area (Å²) in [6.07, 6.45) is 0.773. The Morgan fingerprint density at radius 2 is 2.31 bits per heavy atom. The van der Waals surface area contributed by atoms with E-state index in [9.17, 15) is 0 Å². The monoisotopic (exact) mass is 202 g/mol. The Morgan fingerprint density at radius 3 is 2.92 bits per heavy atom. The molecule has 13 heavy (non-hydrogen) atoms. The number of aliphatic hydroxyl groups is 1. The quantitative estimate of drug-likeness (QED) is 0.563. The molecule has 0 saturated heterocycles. The molecule has 1 heterocycles. The summed E-state index contributed by atoms with van der Waals surface area (Å²) in [7, 11) is 0. The molecular weight excluding hydrogens is 188 g/mol. The van der Waals surface area contributed by atoms with E-state index in [1.807, 2.05) is 13.8 Å². The first kappa shape index (κ1) is 10.5. The molecule has 0 aliphatic heterocycles. The van der Waals surface area contributed by atoms with Gasteiger partial charge in [0.2, 0.25) is 5.16 Å². The van der Waals surface area contributed by atoms with Crippen molar-refractivity contribution in [1.82, 2.24) is 20.2 Å². The van der Waals surface area contributed by atoms with E-state index in [-0.39, 0.29) is 12.6 Å². The van der Waals surface area contributed by atoms with Gasteiger partial charge in [-0.15, -0.1) is 5.10 Å². The van der Waals surface area contributed by atoms with Crippen LogP contribution in [0.3, 0.4) is 0 Å². The van der Waals surface area contributed by atoms with Crippen molar-refractivity contribution >= 4 is 11.8 Å². The summed E-state index contributed by atoms with van der Waals surface area (Å²) in [4.78, 5) is 0. The maximum atomic E-state index is 8.60. The van der Waals surface area contributed by atoms with Crippen LogP contribution < -0.4 is 0 Å². The van der Waals surface area contributed by atoms with Gasteiger partial charge in [-0.1, -0.05) is 11.8 Å². The predicted molar refractivity (Wildman–Crippen MR) is 50.6 cm³/mol. The van der Waals surface area contributed by atoms with E-state index in [1.54, 1.807) is 16.4 Å². The Kier molecular flexibility index (Phi) is 4.17. The Labute approximate surface area is 81.5 Å². The van der Waals surface area contributed by atoms with Crippen LogP contribution in [-0.4, -0.2) is 37.7 Å². The average molecular weight is 202 g/mol. The van der Waals surface area contributed by atoms with Crippen molar-refractivity contribution in [3.05, 3.63) is 0 Å². The molecule has 0 fully saturated rings. The van der Waals surface area contributed by atoms with Crippen molar-refractivity contribution in [1.29, 1.82) is 0 Å². The van der Waals surface area contributed by atoms with Crippen LogP contribution in [0.15, 0.2) is 5.16 Å². The lowest BCUT2D eigenvalue weighted by Gasteiger charge is -2.05. The molecular formula is C7H14N4OS. The van der Waals surface area contributed by atoms with Crippen LogP contribution >= 0.6 is 11.8 Å². The first-order valence-corrected chi connectivity index (χ1v) is 5.25. The molecule has 1 aromatic rings. The molecule has 0 aliphatic carbocycles. The van der Waals surface area contributed by atoms with Crippen molar-refractivity contribution < 1.29 is 5.11 Å². The Hall–Kier alpha value is -0.620. The molecule has 0 aliphatic rings. The van der Waals surface area contributed by atoms with Gasteiger partial charge in [-0.05, 0) is 30.7 Å². The average Bonchev–Trinajstić information content (AvgIpc) is 2.53. The van der Waals surface area contributed by atoms with Crippen molar-refractivity contribution in [2.75, 3.05) is 12.4 Å². The van der Waals surface area contributed by atoms with Gasteiger partial charge < -0.3 is 5.11 Å². The van der Waals surface area contributed by atoms with Gasteiger partial charge in [0.05, 0.1) is 6.04 Å². The van der Waals surface area contributed by atoms with Crippen LogP contribution in [0.25, 0.3) is 0 Å². The van der Waals surface area contributed by atoms with E-state index in [0.29, 0.717) is 0 Å². The molecule has 1 rings (SSSR count). The summed E-state index contributed by atoms with van der Waals surface area (Å²) in [6, 6.07) is 0.284. The number of rotatable bonds is 5. The molecule has 1 aromatic heterocycles. The van der Waals surface area contributed by atoms with Gasteiger partial charge in [0.15, 0.2) is 0 Å². The van der Waals surface area contributed by atoms with Crippen LogP contribution in [0.1, 0.15) is 26.3 Å². The fourth-order valence-electron chi connectivity index (χ4n) is 0.833. The molecule has 0 atom stereocenters. The Morgan fingerprint density at radius 1 is 1.54 bits per heavy atom. The molecule has 0 amide bonds. The lowest BCUT2D eigenvalue weighted by atomic mass is 10.4. The van der Waals surface area contributed by atoms with Gasteiger partial charge in [0.25, 0.3) is 0 Å². The van der Waals surface area contributed by atoms with Crippen molar-refractivity contribution in [3.63, 3.8) is 0 Å². The van der Waals surface area contributed by atoms with Gasteiger partial charge >= 0.3 is 0 Å². The third-order valence-electron chi connectivity index (χ3n) is 1.49. The molecule has 74 valence electrons. The number of aromatic nitrogens is 4. The molecule has 0 bridgehead atoms. The number of thioether (sulfide) groups is 1. The van der Waals surface area contributed by atoms with Crippen molar-refractivity contribution in [3.8, 4) is 0 Å². The maximum absolute atomic E-state index is 8.60. The fraction of sp³-hybridized carbons (Fsp3) is 0.857. The molecule has 0 saturated carbocycles. The zero-order chi connectivity index (χ0) is 9.68. The lowest BCUT2D eigenvalue weighted by Crippen LogP contribution is -2.05. The normalized spacial score (nSPS) is 11.1. The fourth-order valence-corrected chi connectivity index (χ4v) is 1.76. The molecule has 0 spiro atoms. The first-order valence-electron chi connectivity index (χ1n) is 4.27. The standard InChI is InChI=1S/C7H14N4OS/c1-6(2)11-7(8-9-10-11)13-5-3-4-12/h6,12H,3-5H2,1-2H3. The van der Waals surface area contributed by atoms with Crippen molar-refractivity contribution in [2.45, 2.75) is 31.5 Å². The number of hydrogen-bond donors (Lipinski definition) is 1. The summed E-state index contributed by atoms with van der Waals surface area (Å²) in [5.74, 6) is 0.851. The summed E-state index contributed by atoms with van der Waals surface area (Å²) < 4.78 is 1.78. The summed E-state index contributed by atoms with van der Waals surface area (Å²) in [5.41, 5.74) is 0. The van der Waals surface area contributed by atoms with Gasteiger partial charge in [-0.25, -0.2) is 4.68 Å². The van der Waals surface area contributed by atoms with E-state index in [4.69, 9.17) is 5.11 Å². The second kappa shape index (κ2) is 5.18. The smallest absolute Gasteiger partial charge is 0.209 e. The number of tetrazole rings is 1. The zero-order valence-electron chi connectivity index (χ0n) is 7.84. The third kappa shape index (κ3) is 2.96. The summed E-state index contributed by atoms with van der Waals surface area (Å²) in [6.45, 7) is 4.29. The number of aliphatic hydroxyl groups excluding tert-OH is 1. The third-order valence-corrected chi connectivity index (χ3v) is 2.51. The van der Waals surface area contributed by atoms with Crippen LogP contribution in [0, 0.1) is 0 Å². The second-order valence-corrected chi connectivity index (χ2v) is 3.99. The van der Waals surface area contributed by atoms with E-state index < -0.39 is 0 Å². The highest BCUT2D eigenvalue weighted by Gasteiger charge is 2.08. The molecule has 0 aromatic carbocycles. The number of nitrogens with zero attached hydrogens (tertiary/aromatic N) is 4. The minimum absolute atomic E-state index is 0.218. The number of hydrogen-bond acceptors (Lipinski definition) is 5. The molecule has 0 unspecified atom stereocenters. The molecule has 0 radical (unpaired) electrons. The topological polar surface area (TPSA) is 63.8 Å². The van der Waals surface area contributed by atoms with Gasteiger partial charge in [-0.2, -0.15) is 0 Å². The van der Waals surface area contributed by atoms with E-state index in [2.05, 4.69) is 15.5 Å². The van der Waals surface area contributed by atoms with Crippen LogP contribution in [0.4, 0.5) is 0 Å². The highest BCUT2D eigenvalue weighted by molar-refractivity contribution is 7.99. The van der Waals surface area contributed by atoms with Crippen LogP contribution in [0.2, 0.25) is 0 Å². The van der Waals surface area contributed by atoms with E-state index in [0.717, 1.165) is 17.3 Å². The zero-order valence-corrected chi connectivity index (χ0v) is 8.66. The van der Waals surface area contributed by atoms with Crippen LogP contribution in [0.5, 0.6) is 0 Å². The summed E-state index contributed by atoms with van der Waals surface area (Å²) in [5, 5.41) is 20.8. The first-order chi connectivity index (χ1) is 6.25. The maximum Gasteiger partial charge on any atom is 0.209 e. The highest BCUT2D eigenvalue weighted by Crippen LogP contribution is 2.17. The molecule has 6 heteroatoms. The van der Waals surface area contributed by atoms with Gasteiger partial charge in [0.1, 0.15) is 0 Å². The SMILES string of the molecule is CC(C)n1nnnc1SCCCO. The van der Waals surface area contributed by atoms with Gasteiger partial charge in [-0.3, -0.25) is 0 Å². The summed E-state index contributed by atoms with van der Waals surface area (Å²) >= 11 is 1.57. The molecule has 5 nitrogen and oxygen atoms in total. The lowest BCUT2D eigenvalue weighted by molar-refractivity contribution is 0.296. The minimum Gasteiger partial charge on any atom is -0.396 e. The van der Waals surface area contributed by atoms with E-state index >= 15 is 0 Å².